The van der Waals surface area contributed by atoms with E-state index in [9.17, 15) is 9.59 Å². The molecular formula is C20H13ClN2O2. The van der Waals surface area contributed by atoms with Crippen LogP contribution in [0.2, 0.25) is 5.02 Å². The Labute approximate surface area is 149 Å². The lowest BCUT2D eigenvalue weighted by Crippen LogP contribution is -2.23. The molecule has 0 aliphatic heterocycles. The van der Waals surface area contributed by atoms with Crippen molar-refractivity contribution in [2.45, 2.75) is 6.54 Å². The number of benzene rings is 2. The summed E-state index contributed by atoms with van der Waals surface area (Å²) in [6.07, 6.45) is 1.71. The SMILES string of the molecule is O=C1c2cccc(NCc3ccccn3)c2C(=O)c2cccc(Cl)c21. The summed E-state index contributed by atoms with van der Waals surface area (Å²) in [5.41, 5.74) is 2.85. The molecule has 0 unspecified atom stereocenters. The summed E-state index contributed by atoms with van der Waals surface area (Å²) in [6, 6.07) is 15.8. The van der Waals surface area contributed by atoms with Gasteiger partial charge in [-0.15, -0.1) is 0 Å². The summed E-state index contributed by atoms with van der Waals surface area (Å²) in [6.45, 7) is 0.459. The molecule has 1 aliphatic rings. The van der Waals surface area contributed by atoms with Crippen molar-refractivity contribution in [3.05, 3.63) is 93.8 Å². The predicted molar refractivity (Wildman–Crippen MR) is 96.3 cm³/mol. The number of anilines is 1. The fourth-order valence-corrected chi connectivity index (χ4v) is 3.30. The minimum atomic E-state index is -0.225. The van der Waals surface area contributed by atoms with Crippen molar-refractivity contribution in [1.29, 1.82) is 0 Å². The van der Waals surface area contributed by atoms with Crippen molar-refractivity contribution in [2.24, 2.45) is 0 Å². The predicted octanol–water partition coefficient (Wildman–Crippen LogP) is 4.12. The number of fused-ring (bicyclic) bond motifs is 2. The third-order valence-electron chi connectivity index (χ3n) is 4.21. The summed E-state index contributed by atoms with van der Waals surface area (Å²) < 4.78 is 0. The van der Waals surface area contributed by atoms with Crippen LogP contribution >= 0.6 is 11.6 Å². The van der Waals surface area contributed by atoms with Gasteiger partial charge in [-0.05, 0) is 24.3 Å². The Morgan fingerprint density at radius 3 is 2.32 bits per heavy atom. The molecule has 0 saturated heterocycles. The summed E-state index contributed by atoms with van der Waals surface area (Å²) >= 11 is 6.15. The zero-order chi connectivity index (χ0) is 17.4. The average molecular weight is 349 g/mol. The number of hydrogen-bond acceptors (Lipinski definition) is 4. The van der Waals surface area contributed by atoms with Gasteiger partial charge in [0.15, 0.2) is 11.6 Å². The minimum absolute atomic E-state index is 0.198. The van der Waals surface area contributed by atoms with Gasteiger partial charge in [-0.1, -0.05) is 41.9 Å². The van der Waals surface area contributed by atoms with E-state index in [4.69, 9.17) is 11.6 Å². The van der Waals surface area contributed by atoms with Crippen molar-refractivity contribution in [3.8, 4) is 0 Å². The van der Waals surface area contributed by atoms with E-state index in [0.29, 0.717) is 33.9 Å². The molecule has 0 saturated carbocycles. The molecule has 3 aromatic rings. The van der Waals surface area contributed by atoms with Crippen molar-refractivity contribution in [2.75, 3.05) is 5.32 Å². The maximum atomic E-state index is 13.0. The van der Waals surface area contributed by atoms with E-state index in [1.807, 2.05) is 18.2 Å². The highest BCUT2D eigenvalue weighted by Gasteiger charge is 2.33. The minimum Gasteiger partial charge on any atom is -0.379 e. The molecule has 0 fully saturated rings. The summed E-state index contributed by atoms with van der Waals surface area (Å²) in [5, 5.41) is 3.52. The Bertz CT molecular complexity index is 1000. The highest BCUT2D eigenvalue weighted by Crippen LogP contribution is 2.35. The van der Waals surface area contributed by atoms with Gasteiger partial charge in [-0.3, -0.25) is 14.6 Å². The van der Waals surface area contributed by atoms with Crippen LogP contribution in [-0.4, -0.2) is 16.6 Å². The van der Waals surface area contributed by atoms with Crippen LogP contribution in [-0.2, 0) is 6.54 Å². The van der Waals surface area contributed by atoms with E-state index in [2.05, 4.69) is 10.3 Å². The van der Waals surface area contributed by atoms with E-state index >= 15 is 0 Å². The Morgan fingerprint density at radius 2 is 1.56 bits per heavy atom. The van der Waals surface area contributed by atoms with Gasteiger partial charge < -0.3 is 5.32 Å². The monoisotopic (exact) mass is 348 g/mol. The number of hydrogen-bond donors (Lipinski definition) is 1. The van der Waals surface area contributed by atoms with E-state index in [1.165, 1.54) is 0 Å². The van der Waals surface area contributed by atoms with Crippen LogP contribution in [0.25, 0.3) is 0 Å². The average Bonchev–Trinajstić information content (AvgIpc) is 2.65. The smallest absolute Gasteiger partial charge is 0.196 e. The largest absolute Gasteiger partial charge is 0.379 e. The van der Waals surface area contributed by atoms with Gasteiger partial charge in [0.25, 0.3) is 0 Å². The van der Waals surface area contributed by atoms with Crippen LogP contribution in [0.15, 0.2) is 60.8 Å². The molecule has 1 aliphatic carbocycles. The zero-order valence-electron chi connectivity index (χ0n) is 13.1. The summed E-state index contributed by atoms with van der Waals surface area (Å²) in [7, 11) is 0. The van der Waals surface area contributed by atoms with Crippen LogP contribution in [0.1, 0.15) is 37.5 Å². The number of nitrogens with zero attached hydrogens (tertiary/aromatic N) is 1. The lowest BCUT2D eigenvalue weighted by atomic mass is 9.83. The van der Waals surface area contributed by atoms with Gasteiger partial charge in [0, 0.05) is 23.0 Å². The first-order chi connectivity index (χ1) is 12.2. The van der Waals surface area contributed by atoms with Crippen LogP contribution in [0.4, 0.5) is 5.69 Å². The lowest BCUT2D eigenvalue weighted by molar-refractivity contribution is 0.0979. The molecule has 0 spiro atoms. The van der Waals surface area contributed by atoms with E-state index in [0.717, 1.165) is 5.69 Å². The second kappa shape index (κ2) is 6.15. The highest BCUT2D eigenvalue weighted by atomic mass is 35.5. The first-order valence-electron chi connectivity index (χ1n) is 7.81. The molecule has 1 heterocycles. The molecule has 122 valence electrons. The topological polar surface area (TPSA) is 59.1 Å². The Hall–Kier alpha value is -2.98. The number of halogens is 1. The normalized spacial score (nSPS) is 12.5. The molecule has 0 radical (unpaired) electrons. The molecule has 4 rings (SSSR count). The highest BCUT2D eigenvalue weighted by molar-refractivity contribution is 6.39. The van der Waals surface area contributed by atoms with Gasteiger partial charge >= 0.3 is 0 Å². The Kier molecular flexibility index (Phi) is 3.82. The number of nitrogens with one attached hydrogen (secondary N) is 1. The van der Waals surface area contributed by atoms with Gasteiger partial charge in [0.1, 0.15) is 0 Å². The van der Waals surface area contributed by atoms with Crippen LogP contribution in [0.5, 0.6) is 0 Å². The summed E-state index contributed by atoms with van der Waals surface area (Å²) in [5.74, 6) is -0.423. The molecule has 0 atom stereocenters. The fourth-order valence-electron chi connectivity index (χ4n) is 3.04. The zero-order valence-corrected chi connectivity index (χ0v) is 13.9. The second-order valence-corrected chi connectivity index (χ2v) is 6.13. The quantitative estimate of drug-likeness (QED) is 0.605. The molecule has 5 heteroatoms. The summed E-state index contributed by atoms with van der Waals surface area (Å²) in [4.78, 5) is 30.1. The van der Waals surface area contributed by atoms with E-state index in [1.54, 1.807) is 42.6 Å². The number of carbonyl (C=O) groups excluding carboxylic acids is 2. The molecule has 1 aromatic heterocycles. The van der Waals surface area contributed by atoms with Crippen LogP contribution < -0.4 is 5.32 Å². The molecule has 0 bridgehead atoms. The maximum absolute atomic E-state index is 13.0. The molecule has 1 N–H and O–H groups in total. The Morgan fingerprint density at radius 1 is 0.840 bits per heavy atom. The molecule has 0 amide bonds. The lowest BCUT2D eigenvalue weighted by Gasteiger charge is -2.21. The number of pyridine rings is 1. The van der Waals surface area contributed by atoms with Crippen molar-refractivity contribution >= 4 is 28.9 Å². The van der Waals surface area contributed by atoms with Gasteiger partial charge in [0.05, 0.1) is 28.4 Å². The van der Waals surface area contributed by atoms with Crippen molar-refractivity contribution in [1.82, 2.24) is 4.98 Å². The fraction of sp³-hybridized carbons (Fsp3) is 0.0500. The third kappa shape index (κ3) is 2.61. The van der Waals surface area contributed by atoms with E-state index in [-0.39, 0.29) is 17.1 Å². The Balaban J connectivity index is 1.76. The number of ketones is 2. The van der Waals surface area contributed by atoms with E-state index < -0.39 is 0 Å². The molecule has 25 heavy (non-hydrogen) atoms. The van der Waals surface area contributed by atoms with Crippen LogP contribution in [0.3, 0.4) is 0 Å². The molecule has 2 aromatic carbocycles. The third-order valence-corrected chi connectivity index (χ3v) is 4.52. The molecular weight excluding hydrogens is 336 g/mol. The van der Waals surface area contributed by atoms with Crippen molar-refractivity contribution in [3.63, 3.8) is 0 Å². The van der Waals surface area contributed by atoms with Crippen LogP contribution in [0, 0.1) is 0 Å². The number of carbonyl (C=O) groups is 2. The maximum Gasteiger partial charge on any atom is 0.196 e. The van der Waals surface area contributed by atoms with Crippen molar-refractivity contribution < 1.29 is 9.59 Å². The first-order valence-corrected chi connectivity index (χ1v) is 8.19. The van der Waals surface area contributed by atoms with Gasteiger partial charge in [0.2, 0.25) is 0 Å². The van der Waals surface area contributed by atoms with Gasteiger partial charge in [-0.25, -0.2) is 0 Å². The number of aromatic nitrogens is 1. The van der Waals surface area contributed by atoms with Gasteiger partial charge in [-0.2, -0.15) is 0 Å². The first kappa shape index (κ1) is 15.5. The standard InChI is InChI=1S/C20H13ClN2O2/c21-15-8-3-6-13-17(15)19(24)14-7-4-9-16(18(14)20(13)25)23-11-12-5-1-2-10-22-12/h1-10,23H,11H2. The number of rotatable bonds is 3. The second-order valence-electron chi connectivity index (χ2n) is 5.72. The molecule has 4 nitrogen and oxygen atoms in total.